The van der Waals surface area contributed by atoms with Crippen LogP contribution in [0.25, 0.3) is 0 Å². The number of nitrogens with two attached hydrogens (primary N) is 1. The topological polar surface area (TPSA) is 131 Å². The van der Waals surface area contributed by atoms with E-state index >= 15 is 0 Å². The summed E-state index contributed by atoms with van der Waals surface area (Å²) in [6, 6.07) is 3.73. The number of esters is 4. The smallest absolute Gasteiger partial charge is 0.323 e. The van der Waals surface area contributed by atoms with Gasteiger partial charge in [0.1, 0.15) is 18.2 Å². The van der Waals surface area contributed by atoms with E-state index in [0.29, 0.717) is 5.56 Å². The van der Waals surface area contributed by atoms with Crippen molar-refractivity contribution in [3.05, 3.63) is 23.8 Å². The van der Waals surface area contributed by atoms with Gasteiger partial charge in [-0.25, -0.2) is 0 Å². The summed E-state index contributed by atoms with van der Waals surface area (Å²) in [5, 5.41) is 0. The molecule has 9 nitrogen and oxygen atoms in total. The Morgan fingerprint density at radius 1 is 0.732 bits per heavy atom. The van der Waals surface area contributed by atoms with Gasteiger partial charge in [0, 0.05) is 0 Å². The molecule has 41 heavy (non-hydrogen) atoms. The van der Waals surface area contributed by atoms with Gasteiger partial charge < -0.3 is 24.7 Å². The first-order chi connectivity index (χ1) is 19.2. The van der Waals surface area contributed by atoms with Crippen LogP contribution in [0, 0.1) is 29.6 Å². The van der Waals surface area contributed by atoms with Gasteiger partial charge >= 0.3 is 23.9 Å². The molecule has 0 radical (unpaired) electrons. The maximum atomic E-state index is 12.8. The Balaban J connectivity index is 2.09. The quantitative estimate of drug-likeness (QED) is 0.243. The van der Waals surface area contributed by atoms with Crippen molar-refractivity contribution in [2.24, 2.45) is 35.3 Å². The Kier molecular flexibility index (Phi) is 13.3. The molecule has 1 saturated carbocycles. The predicted molar refractivity (Wildman–Crippen MR) is 155 cm³/mol. The van der Waals surface area contributed by atoms with Crippen molar-refractivity contribution in [2.45, 2.75) is 112 Å². The lowest BCUT2D eigenvalue weighted by Gasteiger charge is -2.26. The van der Waals surface area contributed by atoms with Crippen LogP contribution in [0.3, 0.4) is 0 Å². The minimum Gasteiger partial charge on any atom is -0.459 e. The van der Waals surface area contributed by atoms with E-state index in [1.165, 1.54) is 6.07 Å². The average molecular weight is 576 g/mol. The predicted octanol–water partition coefficient (Wildman–Crippen LogP) is 5.40. The number of carbonyl (C=O) groups excluding carboxylic acids is 4. The van der Waals surface area contributed by atoms with E-state index in [1.807, 2.05) is 27.7 Å². The molecule has 0 aliphatic heterocycles. The van der Waals surface area contributed by atoms with E-state index in [-0.39, 0.29) is 53.5 Å². The van der Waals surface area contributed by atoms with E-state index in [1.54, 1.807) is 39.8 Å². The van der Waals surface area contributed by atoms with Crippen molar-refractivity contribution in [1.29, 1.82) is 0 Å². The highest BCUT2D eigenvalue weighted by Gasteiger charge is 2.29. The molecule has 1 fully saturated rings. The zero-order valence-electron chi connectivity index (χ0n) is 25.9. The van der Waals surface area contributed by atoms with Gasteiger partial charge in [-0.2, -0.15) is 0 Å². The Morgan fingerprint density at radius 2 is 1.24 bits per heavy atom. The van der Waals surface area contributed by atoms with Crippen molar-refractivity contribution in [2.75, 3.05) is 0 Å². The van der Waals surface area contributed by atoms with E-state index < -0.39 is 36.2 Å². The van der Waals surface area contributed by atoms with Gasteiger partial charge in [0.05, 0.1) is 17.8 Å². The van der Waals surface area contributed by atoms with Gasteiger partial charge in [-0.05, 0) is 62.6 Å². The monoisotopic (exact) mass is 575 g/mol. The molecule has 0 saturated heterocycles. The van der Waals surface area contributed by atoms with Gasteiger partial charge in [0.15, 0.2) is 11.5 Å². The Labute approximate surface area is 244 Å². The first-order valence-electron chi connectivity index (χ1n) is 14.9. The number of rotatable bonds is 13. The van der Waals surface area contributed by atoms with Crippen molar-refractivity contribution in [3.63, 3.8) is 0 Å². The molecule has 0 amide bonds. The van der Waals surface area contributed by atoms with Gasteiger partial charge in [-0.15, -0.1) is 0 Å². The first kappa shape index (κ1) is 34.3. The lowest BCUT2D eigenvalue weighted by Crippen LogP contribution is -2.40. The van der Waals surface area contributed by atoms with Crippen LogP contribution < -0.4 is 15.2 Å². The van der Waals surface area contributed by atoms with E-state index in [4.69, 9.17) is 24.7 Å². The van der Waals surface area contributed by atoms with Gasteiger partial charge in [0.25, 0.3) is 0 Å². The molecule has 230 valence electrons. The summed E-state index contributed by atoms with van der Waals surface area (Å²) in [7, 11) is 0. The molecule has 2 N–H and O–H groups in total. The Hall–Kier alpha value is -2.94. The van der Waals surface area contributed by atoms with Crippen LogP contribution >= 0.6 is 0 Å². The third-order valence-electron chi connectivity index (χ3n) is 8.13. The number of ether oxygens (including phenoxy) is 4. The fourth-order valence-electron chi connectivity index (χ4n) is 4.21. The summed E-state index contributed by atoms with van der Waals surface area (Å²) in [6.45, 7) is 14.6. The molecule has 2 rings (SSSR count). The molecule has 2 unspecified atom stereocenters. The summed E-state index contributed by atoms with van der Waals surface area (Å²) in [5.74, 6) is -2.31. The number of hydrogen-bond acceptors (Lipinski definition) is 9. The standard InChI is InChI=1S/C32H49NO8/c1-18(2)20(5)29(34)40-27-15-14-24(17-28(27)41-30(35)21(6)19(3)4)16-26(33)32(37)39-23(8)22(7)38-31(36)25-12-10-9-11-13-25/h14-15,17-23,25-26H,9-13,16,33H2,1-8H3/t20?,21?,22-,23-,26-/m0/s1. The zero-order valence-corrected chi connectivity index (χ0v) is 25.9. The van der Waals surface area contributed by atoms with Crippen LogP contribution in [0.1, 0.15) is 93.1 Å². The molecular formula is C32H49NO8. The summed E-state index contributed by atoms with van der Waals surface area (Å²) < 4.78 is 22.3. The Morgan fingerprint density at radius 3 is 1.78 bits per heavy atom. The fraction of sp³-hybridized carbons (Fsp3) is 0.688. The molecule has 1 aliphatic rings. The van der Waals surface area contributed by atoms with Crippen LogP contribution in [-0.2, 0) is 35.1 Å². The fourth-order valence-corrected chi connectivity index (χ4v) is 4.21. The SMILES string of the molecule is CC(C)C(C)C(=O)Oc1ccc(C[C@H](N)C(=O)O[C@@H](C)[C@H](C)OC(=O)C2CCCCC2)cc1OC(=O)C(C)C(C)C. The minimum absolute atomic E-state index is 0.0483. The number of carbonyl (C=O) groups is 4. The molecule has 1 aromatic carbocycles. The molecule has 1 aliphatic carbocycles. The van der Waals surface area contributed by atoms with Crippen molar-refractivity contribution >= 4 is 23.9 Å². The van der Waals surface area contributed by atoms with E-state index in [0.717, 1.165) is 32.1 Å². The summed E-state index contributed by atoms with van der Waals surface area (Å²) in [5.41, 5.74) is 6.76. The van der Waals surface area contributed by atoms with Crippen LogP contribution in [0.15, 0.2) is 18.2 Å². The number of benzene rings is 1. The summed E-state index contributed by atoms with van der Waals surface area (Å²) in [4.78, 5) is 50.6. The largest absolute Gasteiger partial charge is 0.459 e. The van der Waals surface area contributed by atoms with E-state index in [2.05, 4.69) is 0 Å². The molecule has 0 heterocycles. The average Bonchev–Trinajstić information content (AvgIpc) is 2.93. The molecule has 9 heteroatoms. The lowest BCUT2D eigenvalue weighted by molar-refractivity contribution is -0.169. The van der Waals surface area contributed by atoms with Gasteiger partial charge in [-0.1, -0.05) is 66.9 Å². The highest BCUT2D eigenvalue weighted by atomic mass is 16.6. The van der Waals surface area contributed by atoms with Crippen LogP contribution in [0.4, 0.5) is 0 Å². The van der Waals surface area contributed by atoms with E-state index in [9.17, 15) is 19.2 Å². The second-order valence-electron chi connectivity index (χ2n) is 12.1. The van der Waals surface area contributed by atoms with Crippen molar-refractivity contribution < 1.29 is 38.1 Å². The van der Waals surface area contributed by atoms with Crippen LogP contribution in [0.2, 0.25) is 0 Å². The Bertz CT molecular complexity index is 1050. The minimum atomic E-state index is -1.02. The van der Waals surface area contributed by atoms with Gasteiger partial charge in [0.2, 0.25) is 0 Å². The molecule has 0 spiro atoms. The van der Waals surface area contributed by atoms with Crippen molar-refractivity contribution in [1.82, 2.24) is 0 Å². The second kappa shape index (κ2) is 15.9. The summed E-state index contributed by atoms with van der Waals surface area (Å²) in [6.07, 6.45) is 3.62. The molecule has 0 bridgehead atoms. The van der Waals surface area contributed by atoms with Gasteiger partial charge in [-0.3, -0.25) is 19.2 Å². The molecule has 5 atom stereocenters. The first-order valence-corrected chi connectivity index (χ1v) is 14.9. The van der Waals surface area contributed by atoms with Crippen LogP contribution in [0.5, 0.6) is 11.5 Å². The number of hydrogen-bond donors (Lipinski definition) is 1. The lowest BCUT2D eigenvalue weighted by atomic mass is 9.89. The highest BCUT2D eigenvalue weighted by Crippen LogP contribution is 2.32. The van der Waals surface area contributed by atoms with Crippen LogP contribution in [-0.4, -0.2) is 42.1 Å². The highest BCUT2D eigenvalue weighted by molar-refractivity contribution is 5.79. The third-order valence-corrected chi connectivity index (χ3v) is 8.13. The zero-order chi connectivity index (χ0) is 30.9. The third kappa shape index (κ3) is 10.4. The normalized spacial score (nSPS) is 17.7. The maximum Gasteiger partial charge on any atom is 0.323 e. The molecule has 0 aromatic heterocycles. The maximum absolute atomic E-state index is 12.8. The van der Waals surface area contributed by atoms with Crippen molar-refractivity contribution in [3.8, 4) is 11.5 Å². The molecular weight excluding hydrogens is 526 g/mol. The molecule has 1 aromatic rings. The summed E-state index contributed by atoms with van der Waals surface area (Å²) >= 11 is 0. The second-order valence-corrected chi connectivity index (χ2v) is 12.1.